The summed E-state index contributed by atoms with van der Waals surface area (Å²) in [4.78, 5) is 26.1. The van der Waals surface area contributed by atoms with E-state index in [0.717, 1.165) is 24.8 Å². The van der Waals surface area contributed by atoms with Crippen molar-refractivity contribution < 1.29 is 54.4 Å². The summed E-state index contributed by atoms with van der Waals surface area (Å²) in [5.41, 5.74) is -2.39. The molecule has 0 bridgehead atoms. The standard InChI is InChI=1S/C36H56O11/c1-31(30(44)45-6)11-13-36(29(42)43)14-12-34(4)19(20(36)15-31)7-8-24-32(2)16-21(38)27(47-28-26(41)25(40)22(39)17-46-28)33(3,18-37)23(32)9-10-35(24,34)5/h7,20-28,37-41H,8-18H2,1-6H3,(H,42,43)/t20-,21-,22+,23+,24-,25+,26+,27-,28+,31+,32-,33-,34+,35-,36+/m0/s1. The molecule has 15 atom stereocenters. The van der Waals surface area contributed by atoms with Crippen molar-refractivity contribution in [3.63, 3.8) is 0 Å². The number of carbonyl (C=O) groups excluding carboxylic acids is 1. The highest BCUT2D eigenvalue weighted by atomic mass is 16.7. The molecule has 0 aromatic carbocycles. The summed E-state index contributed by atoms with van der Waals surface area (Å²) < 4.78 is 17.0. The fraction of sp³-hybridized carbons (Fsp3) is 0.889. The van der Waals surface area contributed by atoms with Gasteiger partial charge in [-0.15, -0.1) is 0 Å². The van der Waals surface area contributed by atoms with E-state index in [2.05, 4.69) is 26.8 Å². The predicted molar refractivity (Wildman–Crippen MR) is 168 cm³/mol. The van der Waals surface area contributed by atoms with Gasteiger partial charge in [-0.2, -0.15) is 0 Å². The molecule has 6 rings (SSSR count). The molecule has 0 aromatic rings. The quantitative estimate of drug-likeness (QED) is 0.144. The molecule has 11 nitrogen and oxygen atoms in total. The van der Waals surface area contributed by atoms with Crippen LogP contribution in [0.3, 0.4) is 0 Å². The second-order valence-electron chi connectivity index (χ2n) is 17.3. The number of methoxy groups -OCH3 is 1. The Bertz CT molecular complexity index is 1300. The van der Waals surface area contributed by atoms with Crippen LogP contribution in [0.4, 0.5) is 0 Å². The van der Waals surface area contributed by atoms with E-state index in [1.807, 2.05) is 13.8 Å². The van der Waals surface area contributed by atoms with Gasteiger partial charge in [-0.1, -0.05) is 39.3 Å². The molecule has 5 fully saturated rings. The summed E-state index contributed by atoms with van der Waals surface area (Å²) in [6.45, 7) is 10.2. The van der Waals surface area contributed by atoms with E-state index in [1.54, 1.807) is 0 Å². The van der Waals surface area contributed by atoms with Crippen LogP contribution in [0.5, 0.6) is 0 Å². The molecular formula is C36H56O11. The number of aliphatic carboxylic acids is 1. The van der Waals surface area contributed by atoms with Gasteiger partial charge < -0.3 is 44.8 Å². The number of hydrogen-bond acceptors (Lipinski definition) is 10. The number of carboxylic acid groups (broad SMARTS) is 1. The van der Waals surface area contributed by atoms with Gasteiger partial charge in [0.15, 0.2) is 6.29 Å². The number of allylic oxidation sites excluding steroid dienone is 2. The molecule has 47 heavy (non-hydrogen) atoms. The highest BCUT2D eigenvalue weighted by molar-refractivity contribution is 5.80. The molecule has 6 N–H and O–H groups in total. The number of carbonyl (C=O) groups is 2. The molecule has 0 spiro atoms. The lowest BCUT2D eigenvalue weighted by molar-refractivity contribution is -0.328. The molecule has 11 heteroatoms. The van der Waals surface area contributed by atoms with Crippen LogP contribution in [0.2, 0.25) is 0 Å². The minimum absolute atomic E-state index is 0.0553. The Morgan fingerprint density at radius 3 is 2.23 bits per heavy atom. The number of hydrogen-bond donors (Lipinski definition) is 6. The molecule has 0 aromatic heterocycles. The minimum Gasteiger partial charge on any atom is -0.481 e. The zero-order valence-corrected chi connectivity index (χ0v) is 28.8. The molecule has 266 valence electrons. The monoisotopic (exact) mass is 664 g/mol. The van der Waals surface area contributed by atoms with Gasteiger partial charge in [0.05, 0.1) is 43.4 Å². The smallest absolute Gasteiger partial charge is 0.311 e. The van der Waals surface area contributed by atoms with E-state index >= 15 is 0 Å². The second-order valence-corrected chi connectivity index (χ2v) is 17.3. The van der Waals surface area contributed by atoms with Gasteiger partial charge in [-0.3, -0.25) is 9.59 Å². The van der Waals surface area contributed by atoms with Crippen LogP contribution in [-0.2, 0) is 23.8 Å². The van der Waals surface area contributed by atoms with E-state index in [4.69, 9.17) is 14.2 Å². The third kappa shape index (κ3) is 4.69. The molecule has 0 radical (unpaired) electrons. The summed E-state index contributed by atoms with van der Waals surface area (Å²) in [7, 11) is 1.40. The van der Waals surface area contributed by atoms with Gasteiger partial charge in [0.2, 0.25) is 0 Å². The zero-order chi connectivity index (χ0) is 34.5. The van der Waals surface area contributed by atoms with E-state index < -0.39 is 64.4 Å². The number of esters is 1. The predicted octanol–water partition coefficient (Wildman–Crippen LogP) is 2.79. The van der Waals surface area contributed by atoms with Gasteiger partial charge in [-0.25, -0.2) is 0 Å². The Kier molecular flexibility index (Phi) is 8.60. The summed E-state index contributed by atoms with van der Waals surface area (Å²) in [6.07, 6.45) is 0.204. The Morgan fingerprint density at radius 1 is 0.915 bits per heavy atom. The Balaban J connectivity index is 1.35. The van der Waals surface area contributed by atoms with Crippen LogP contribution >= 0.6 is 0 Å². The Morgan fingerprint density at radius 2 is 1.60 bits per heavy atom. The second kappa shape index (κ2) is 11.5. The number of aliphatic hydroxyl groups excluding tert-OH is 5. The maximum Gasteiger partial charge on any atom is 0.311 e. The summed E-state index contributed by atoms with van der Waals surface area (Å²) in [5, 5.41) is 64.3. The first kappa shape index (κ1) is 35.2. The lowest BCUT2D eigenvalue weighted by Gasteiger charge is -2.71. The minimum atomic E-state index is -1.51. The van der Waals surface area contributed by atoms with Gasteiger partial charge in [0.25, 0.3) is 0 Å². The van der Waals surface area contributed by atoms with Crippen molar-refractivity contribution in [1.29, 1.82) is 0 Å². The van der Waals surface area contributed by atoms with Crippen LogP contribution < -0.4 is 0 Å². The third-order valence-electron chi connectivity index (χ3n) is 15.3. The molecule has 5 aliphatic carbocycles. The SMILES string of the molecule is COC(=O)[C@]1(C)CC[C@@]2(C(=O)O)CC[C@]3(C)C(=CC[C@H]4[C@@]5(C)C[C@H](O)[C@H](O[C@H]6OC[C@@H](O)[C@@H](O)[C@H]6O)[C@@](C)(CO)[C@@H]5CC[C@@]43C)[C@@H]2C1. The highest BCUT2D eigenvalue weighted by Gasteiger charge is 2.71. The lowest BCUT2D eigenvalue weighted by atomic mass is 9.33. The first-order valence-corrected chi connectivity index (χ1v) is 17.5. The first-order valence-electron chi connectivity index (χ1n) is 17.5. The largest absolute Gasteiger partial charge is 0.481 e. The topological polar surface area (TPSA) is 183 Å². The molecule has 0 amide bonds. The number of ether oxygens (including phenoxy) is 3. The van der Waals surface area contributed by atoms with Crippen molar-refractivity contribution >= 4 is 11.9 Å². The third-order valence-corrected chi connectivity index (χ3v) is 15.3. The lowest BCUT2D eigenvalue weighted by Crippen LogP contribution is -2.69. The zero-order valence-electron chi connectivity index (χ0n) is 28.8. The maximum atomic E-state index is 13.1. The molecule has 1 aliphatic heterocycles. The van der Waals surface area contributed by atoms with E-state index in [9.17, 15) is 40.2 Å². The summed E-state index contributed by atoms with van der Waals surface area (Å²) >= 11 is 0. The van der Waals surface area contributed by atoms with E-state index in [1.165, 1.54) is 7.11 Å². The van der Waals surface area contributed by atoms with Crippen molar-refractivity contribution in [2.24, 2.45) is 50.2 Å². The van der Waals surface area contributed by atoms with Crippen molar-refractivity contribution in [3.05, 3.63) is 11.6 Å². The number of rotatable bonds is 5. The summed E-state index contributed by atoms with van der Waals surface area (Å²) in [6, 6.07) is 0. The number of aliphatic hydroxyl groups is 5. The van der Waals surface area contributed by atoms with Crippen molar-refractivity contribution in [1.82, 2.24) is 0 Å². The van der Waals surface area contributed by atoms with E-state index in [0.29, 0.717) is 38.5 Å². The van der Waals surface area contributed by atoms with Crippen molar-refractivity contribution in [2.75, 3.05) is 20.3 Å². The summed E-state index contributed by atoms with van der Waals surface area (Å²) in [5.74, 6) is -1.29. The van der Waals surface area contributed by atoms with Crippen LogP contribution in [0, 0.1) is 50.2 Å². The van der Waals surface area contributed by atoms with Crippen molar-refractivity contribution in [2.45, 2.75) is 129 Å². The molecule has 6 aliphatic rings. The van der Waals surface area contributed by atoms with Crippen LogP contribution in [0.15, 0.2) is 11.6 Å². The van der Waals surface area contributed by atoms with Crippen molar-refractivity contribution in [3.8, 4) is 0 Å². The molecule has 4 saturated carbocycles. The van der Waals surface area contributed by atoms with Crippen LogP contribution in [-0.4, -0.2) is 99.7 Å². The van der Waals surface area contributed by atoms with Crippen LogP contribution in [0.1, 0.15) is 92.4 Å². The molecule has 1 heterocycles. The van der Waals surface area contributed by atoms with Gasteiger partial charge in [-0.05, 0) is 98.7 Å². The van der Waals surface area contributed by atoms with Crippen LogP contribution in [0.25, 0.3) is 0 Å². The number of fused-ring (bicyclic) bond motifs is 7. The molecule has 1 saturated heterocycles. The molecular weight excluding hydrogens is 608 g/mol. The van der Waals surface area contributed by atoms with Gasteiger partial charge in [0, 0.05) is 5.41 Å². The normalized spacial score (nSPS) is 54.2. The number of carboxylic acids is 1. The fourth-order valence-corrected chi connectivity index (χ4v) is 12.3. The first-order chi connectivity index (χ1) is 21.9. The average Bonchev–Trinajstić information content (AvgIpc) is 3.02. The van der Waals surface area contributed by atoms with Gasteiger partial charge >= 0.3 is 11.9 Å². The average molecular weight is 665 g/mol. The van der Waals surface area contributed by atoms with Gasteiger partial charge in [0.1, 0.15) is 18.3 Å². The Labute approximate surface area is 277 Å². The maximum absolute atomic E-state index is 13.1. The fourth-order valence-electron chi connectivity index (χ4n) is 12.3. The van der Waals surface area contributed by atoms with E-state index in [-0.39, 0.29) is 47.8 Å². The Hall–Kier alpha value is -1.60. The molecule has 0 unspecified atom stereocenters. The highest BCUT2D eigenvalue weighted by Crippen LogP contribution is 2.76.